The molecule has 37 heavy (non-hydrogen) atoms. The van der Waals surface area contributed by atoms with E-state index in [4.69, 9.17) is 9.26 Å². The first-order valence-electron chi connectivity index (χ1n) is 13.1. The molecule has 1 saturated heterocycles. The Morgan fingerprint density at radius 3 is 2.73 bits per heavy atom. The minimum absolute atomic E-state index is 0.0101. The van der Waals surface area contributed by atoms with Crippen molar-refractivity contribution in [3.8, 4) is 5.88 Å². The average molecular weight is 504 g/mol. The average Bonchev–Trinajstić information content (AvgIpc) is 3.57. The summed E-state index contributed by atoms with van der Waals surface area (Å²) in [4.78, 5) is 37.8. The molecule has 2 aromatic heterocycles. The Morgan fingerprint density at radius 1 is 1.11 bits per heavy atom. The Bertz CT molecular complexity index is 1200. The summed E-state index contributed by atoms with van der Waals surface area (Å²) >= 11 is 0. The van der Waals surface area contributed by atoms with Gasteiger partial charge < -0.3 is 19.5 Å². The van der Waals surface area contributed by atoms with Gasteiger partial charge in [0, 0.05) is 43.7 Å². The first-order valence-corrected chi connectivity index (χ1v) is 13.1. The van der Waals surface area contributed by atoms with E-state index in [2.05, 4.69) is 20.4 Å². The number of hydrogen-bond donors (Lipinski definition) is 1. The Morgan fingerprint density at radius 2 is 1.95 bits per heavy atom. The summed E-state index contributed by atoms with van der Waals surface area (Å²) in [5.74, 6) is 1.05. The minimum atomic E-state index is -0.345. The lowest BCUT2D eigenvalue weighted by atomic mass is 9.99. The Hall–Kier alpha value is -3.75. The van der Waals surface area contributed by atoms with E-state index in [0.29, 0.717) is 55.5 Å². The van der Waals surface area contributed by atoms with Crippen molar-refractivity contribution in [1.29, 1.82) is 0 Å². The largest absolute Gasteiger partial charge is 0.481 e. The number of nitrogens with one attached hydrogen (secondary N) is 1. The van der Waals surface area contributed by atoms with E-state index in [9.17, 15) is 9.59 Å². The Balaban J connectivity index is 1.39. The van der Waals surface area contributed by atoms with Gasteiger partial charge in [0.15, 0.2) is 5.82 Å². The molecule has 1 aliphatic carbocycles. The molecule has 1 aromatic carbocycles. The number of ether oxygens (including phenoxy) is 1. The highest BCUT2D eigenvalue weighted by atomic mass is 16.5. The third-order valence-electron chi connectivity index (χ3n) is 7.38. The molecule has 1 N–H and O–H groups in total. The summed E-state index contributed by atoms with van der Waals surface area (Å²) in [6, 6.07) is 13.2. The molecule has 5 rings (SSSR count). The number of hydrogen-bond acceptors (Lipinski definition) is 7. The van der Waals surface area contributed by atoms with E-state index in [1.807, 2.05) is 35.2 Å². The molecular weight excluding hydrogens is 470 g/mol. The number of rotatable bonds is 5. The maximum absolute atomic E-state index is 13.7. The SMILES string of the molecule is COc1ccc(C(=O)N2CCCCCCNC(=O)[C@@H]3C[C@@H](c4nc(Cc5ccccc5)no4)C[C@@H]32)cn1. The van der Waals surface area contributed by atoms with E-state index < -0.39 is 0 Å². The zero-order valence-electron chi connectivity index (χ0n) is 21.1. The third kappa shape index (κ3) is 5.81. The fraction of sp³-hybridized carbons (Fsp3) is 0.464. The number of methoxy groups -OCH3 is 1. The summed E-state index contributed by atoms with van der Waals surface area (Å²) in [7, 11) is 1.54. The second-order valence-electron chi connectivity index (χ2n) is 9.85. The van der Waals surface area contributed by atoms with Crippen LogP contribution < -0.4 is 10.1 Å². The minimum Gasteiger partial charge on any atom is -0.481 e. The van der Waals surface area contributed by atoms with Gasteiger partial charge in [-0.15, -0.1) is 0 Å². The molecule has 3 heterocycles. The summed E-state index contributed by atoms with van der Waals surface area (Å²) in [5, 5.41) is 7.31. The first-order chi connectivity index (χ1) is 18.1. The van der Waals surface area contributed by atoms with Gasteiger partial charge in [-0.25, -0.2) is 4.98 Å². The molecule has 1 saturated carbocycles. The highest BCUT2D eigenvalue weighted by Gasteiger charge is 2.45. The van der Waals surface area contributed by atoms with Crippen LogP contribution in [0.4, 0.5) is 0 Å². The maximum Gasteiger partial charge on any atom is 0.255 e. The molecule has 194 valence electrons. The monoisotopic (exact) mass is 503 g/mol. The zero-order valence-corrected chi connectivity index (χ0v) is 21.1. The fourth-order valence-corrected chi connectivity index (χ4v) is 5.44. The molecule has 2 amide bonds. The molecule has 9 heteroatoms. The Labute approximate surface area is 216 Å². The van der Waals surface area contributed by atoms with Crippen LogP contribution in [0.3, 0.4) is 0 Å². The molecular formula is C28H33N5O4. The predicted molar refractivity (Wildman–Crippen MR) is 136 cm³/mol. The van der Waals surface area contributed by atoms with Crippen LogP contribution in [0, 0.1) is 5.92 Å². The molecule has 3 atom stereocenters. The van der Waals surface area contributed by atoms with Gasteiger partial charge in [-0.3, -0.25) is 9.59 Å². The van der Waals surface area contributed by atoms with Crippen molar-refractivity contribution in [2.24, 2.45) is 5.92 Å². The fourth-order valence-electron chi connectivity index (χ4n) is 5.44. The van der Waals surface area contributed by atoms with Crippen molar-refractivity contribution < 1.29 is 18.8 Å². The van der Waals surface area contributed by atoms with Crippen LogP contribution in [-0.4, -0.2) is 58.1 Å². The number of pyridine rings is 1. The molecule has 0 bridgehead atoms. The highest BCUT2D eigenvalue weighted by molar-refractivity contribution is 5.94. The molecule has 2 fully saturated rings. The number of amides is 2. The van der Waals surface area contributed by atoms with Crippen LogP contribution >= 0.6 is 0 Å². The second-order valence-corrected chi connectivity index (χ2v) is 9.85. The lowest BCUT2D eigenvalue weighted by molar-refractivity contribution is -0.126. The van der Waals surface area contributed by atoms with E-state index >= 15 is 0 Å². The number of benzene rings is 1. The first kappa shape index (κ1) is 24.9. The molecule has 0 radical (unpaired) electrons. The van der Waals surface area contributed by atoms with Gasteiger partial charge in [-0.05, 0) is 37.3 Å². The van der Waals surface area contributed by atoms with Crippen molar-refractivity contribution in [2.75, 3.05) is 20.2 Å². The third-order valence-corrected chi connectivity index (χ3v) is 7.38. The van der Waals surface area contributed by atoms with E-state index in [-0.39, 0.29) is 29.7 Å². The number of aromatic nitrogens is 3. The van der Waals surface area contributed by atoms with Crippen LogP contribution in [0.2, 0.25) is 0 Å². The standard InChI is InChI=1S/C28H33N5O4/c1-36-25-12-11-20(18-30-25)28(35)33-14-8-3-2-7-13-29-26(34)22-16-21(17-23(22)33)27-31-24(32-37-27)15-19-9-5-4-6-10-19/h4-6,9-12,18,21-23H,2-3,7-8,13-17H2,1H3,(H,29,34)/t21-,22-,23+/m1/s1. The highest BCUT2D eigenvalue weighted by Crippen LogP contribution is 2.41. The van der Waals surface area contributed by atoms with E-state index in [0.717, 1.165) is 31.2 Å². The maximum atomic E-state index is 13.7. The van der Waals surface area contributed by atoms with Crippen LogP contribution in [0.25, 0.3) is 0 Å². The summed E-state index contributed by atoms with van der Waals surface area (Å²) in [6.07, 6.45) is 7.15. The number of nitrogens with zero attached hydrogens (tertiary/aromatic N) is 4. The van der Waals surface area contributed by atoms with Crippen molar-refractivity contribution in [3.05, 3.63) is 71.5 Å². The second kappa shape index (κ2) is 11.5. The molecule has 0 spiro atoms. The molecule has 0 unspecified atom stereocenters. The van der Waals surface area contributed by atoms with Gasteiger partial charge in [0.25, 0.3) is 5.91 Å². The van der Waals surface area contributed by atoms with E-state index in [1.165, 1.54) is 0 Å². The normalized spacial score (nSPS) is 22.6. The summed E-state index contributed by atoms with van der Waals surface area (Å²) in [6.45, 7) is 1.25. The summed E-state index contributed by atoms with van der Waals surface area (Å²) < 4.78 is 10.8. The van der Waals surface area contributed by atoms with Gasteiger partial charge in [0.05, 0.1) is 18.6 Å². The van der Waals surface area contributed by atoms with Crippen LogP contribution in [0.15, 0.2) is 53.2 Å². The number of fused-ring (bicyclic) bond motifs is 1. The molecule has 3 aromatic rings. The van der Waals surface area contributed by atoms with Crippen molar-refractivity contribution in [1.82, 2.24) is 25.3 Å². The lowest BCUT2D eigenvalue weighted by Crippen LogP contribution is -2.47. The topological polar surface area (TPSA) is 110 Å². The lowest BCUT2D eigenvalue weighted by Gasteiger charge is -2.32. The van der Waals surface area contributed by atoms with Crippen LogP contribution in [0.1, 0.15) is 72.1 Å². The molecule has 2 aliphatic rings. The van der Waals surface area contributed by atoms with Gasteiger partial charge in [-0.1, -0.05) is 48.3 Å². The quantitative estimate of drug-likeness (QED) is 0.564. The smallest absolute Gasteiger partial charge is 0.255 e. The van der Waals surface area contributed by atoms with Gasteiger partial charge in [-0.2, -0.15) is 4.98 Å². The van der Waals surface area contributed by atoms with Crippen molar-refractivity contribution in [2.45, 2.75) is 56.9 Å². The van der Waals surface area contributed by atoms with Crippen LogP contribution in [-0.2, 0) is 11.2 Å². The van der Waals surface area contributed by atoms with Crippen molar-refractivity contribution >= 4 is 11.8 Å². The van der Waals surface area contributed by atoms with E-state index in [1.54, 1.807) is 25.4 Å². The van der Waals surface area contributed by atoms with Crippen LogP contribution in [0.5, 0.6) is 5.88 Å². The number of carbonyl (C=O) groups is 2. The zero-order chi connectivity index (χ0) is 25.6. The number of carbonyl (C=O) groups excluding carboxylic acids is 2. The summed E-state index contributed by atoms with van der Waals surface area (Å²) in [5.41, 5.74) is 1.59. The molecule has 9 nitrogen and oxygen atoms in total. The molecule has 1 aliphatic heterocycles. The Kier molecular flexibility index (Phi) is 7.77. The van der Waals surface area contributed by atoms with Crippen molar-refractivity contribution in [3.63, 3.8) is 0 Å². The van der Waals surface area contributed by atoms with Gasteiger partial charge in [0.1, 0.15) is 0 Å². The van der Waals surface area contributed by atoms with Gasteiger partial charge >= 0.3 is 0 Å². The van der Waals surface area contributed by atoms with Gasteiger partial charge in [0.2, 0.25) is 17.7 Å². The predicted octanol–water partition coefficient (Wildman–Crippen LogP) is 3.76.